The molecule has 7 nitrogen and oxygen atoms in total. The molecular formula is C21H25NO6S. The van der Waals surface area contributed by atoms with Crippen LogP contribution in [0.15, 0.2) is 41.3 Å². The fourth-order valence-electron chi connectivity index (χ4n) is 3.29. The summed E-state index contributed by atoms with van der Waals surface area (Å²) in [7, 11) is -0.650. The van der Waals surface area contributed by atoms with Gasteiger partial charge in [0, 0.05) is 25.6 Å². The number of aryl methyl sites for hydroxylation is 1. The predicted molar refractivity (Wildman–Crippen MR) is 108 cm³/mol. The van der Waals surface area contributed by atoms with Gasteiger partial charge in [0.05, 0.1) is 18.6 Å². The van der Waals surface area contributed by atoms with Crippen molar-refractivity contribution in [3.05, 3.63) is 53.1 Å². The van der Waals surface area contributed by atoms with Crippen LogP contribution in [0.1, 0.15) is 23.6 Å². The second-order valence-corrected chi connectivity index (χ2v) is 8.95. The molecule has 0 saturated heterocycles. The Kier molecular flexibility index (Phi) is 6.14. The van der Waals surface area contributed by atoms with Crippen LogP contribution in [0.3, 0.4) is 0 Å². The van der Waals surface area contributed by atoms with E-state index in [0.29, 0.717) is 17.1 Å². The van der Waals surface area contributed by atoms with E-state index < -0.39 is 22.1 Å². The first-order chi connectivity index (χ1) is 13.8. The Labute approximate surface area is 171 Å². The molecule has 0 aromatic heterocycles. The van der Waals surface area contributed by atoms with Gasteiger partial charge in [0.2, 0.25) is 10.0 Å². The van der Waals surface area contributed by atoms with Crippen LogP contribution in [0.2, 0.25) is 0 Å². The number of fused-ring (bicyclic) bond motifs is 1. The van der Waals surface area contributed by atoms with E-state index in [1.165, 1.54) is 17.4 Å². The fraction of sp³-hybridized carbons (Fsp3) is 0.381. The molecular weight excluding hydrogens is 394 g/mol. The van der Waals surface area contributed by atoms with Gasteiger partial charge in [-0.05, 0) is 43.7 Å². The van der Waals surface area contributed by atoms with Crippen molar-refractivity contribution in [2.24, 2.45) is 0 Å². The summed E-state index contributed by atoms with van der Waals surface area (Å²) in [5.41, 5.74) is 2.47. The Morgan fingerprint density at radius 1 is 1.24 bits per heavy atom. The number of benzene rings is 2. The zero-order valence-electron chi connectivity index (χ0n) is 17.0. The maximum Gasteiger partial charge on any atom is 0.347 e. The van der Waals surface area contributed by atoms with E-state index in [0.717, 1.165) is 11.1 Å². The molecule has 29 heavy (non-hydrogen) atoms. The molecule has 3 rings (SSSR count). The average molecular weight is 419 g/mol. The normalized spacial score (nSPS) is 15.7. The molecule has 0 aliphatic carbocycles. The minimum Gasteiger partial charge on any atom is -0.496 e. The predicted octanol–water partition coefficient (Wildman–Crippen LogP) is 2.69. The summed E-state index contributed by atoms with van der Waals surface area (Å²) in [6, 6.07) is 10.3. The van der Waals surface area contributed by atoms with Gasteiger partial charge in [0.25, 0.3) is 0 Å². The number of hydrogen-bond acceptors (Lipinski definition) is 6. The van der Waals surface area contributed by atoms with Gasteiger partial charge in [-0.3, -0.25) is 0 Å². The third-order valence-electron chi connectivity index (χ3n) is 4.79. The van der Waals surface area contributed by atoms with Gasteiger partial charge in [-0.2, -0.15) is 4.31 Å². The van der Waals surface area contributed by atoms with E-state index in [4.69, 9.17) is 14.2 Å². The number of rotatable bonds is 7. The number of hydrogen-bond donors (Lipinski definition) is 0. The van der Waals surface area contributed by atoms with Crippen molar-refractivity contribution >= 4 is 16.0 Å². The number of ether oxygens (including phenoxy) is 3. The largest absolute Gasteiger partial charge is 0.496 e. The minimum atomic E-state index is -3.74. The second-order valence-electron chi connectivity index (χ2n) is 6.91. The van der Waals surface area contributed by atoms with E-state index in [1.54, 1.807) is 26.2 Å². The van der Waals surface area contributed by atoms with Crippen molar-refractivity contribution in [2.45, 2.75) is 37.8 Å². The first-order valence-corrected chi connectivity index (χ1v) is 10.8. The SMILES string of the molecule is CCOC(=O)[C@@H]1Cc2cc(S(=O)(=O)N(C)Cc3cc(C)ccc3OC)ccc2O1. The van der Waals surface area contributed by atoms with E-state index in [1.807, 2.05) is 25.1 Å². The van der Waals surface area contributed by atoms with Crippen molar-refractivity contribution in [1.29, 1.82) is 0 Å². The fourth-order valence-corrected chi connectivity index (χ4v) is 4.49. The third-order valence-corrected chi connectivity index (χ3v) is 6.59. The van der Waals surface area contributed by atoms with Gasteiger partial charge in [0.1, 0.15) is 11.5 Å². The molecule has 2 aromatic rings. The first kappa shape index (κ1) is 21.1. The lowest BCUT2D eigenvalue weighted by molar-refractivity contribution is -0.150. The number of esters is 1. The zero-order valence-corrected chi connectivity index (χ0v) is 17.8. The minimum absolute atomic E-state index is 0.151. The highest BCUT2D eigenvalue weighted by molar-refractivity contribution is 7.89. The average Bonchev–Trinajstić information content (AvgIpc) is 3.12. The van der Waals surface area contributed by atoms with Gasteiger partial charge in [-0.15, -0.1) is 0 Å². The summed E-state index contributed by atoms with van der Waals surface area (Å²) in [5, 5.41) is 0. The molecule has 1 heterocycles. The number of nitrogens with zero attached hydrogens (tertiary/aromatic N) is 1. The van der Waals surface area contributed by atoms with Crippen molar-refractivity contribution in [3.63, 3.8) is 0 Å². The molecule has 0 spiro atoms. The summed E-state index contributed by atoms with van der Waals surface area (Å²) < 4.78 is 43.4. The lowest BCUT2D eigenvalue weighted by atomic mass is 10.1. The number of sulfonamides is 1. The van der Waals surface area contributed by atoms with E-state index in [-0.39, 0.29) is 24.5 Å². The molecule has 0 saturated carbocycles. The molecule has 1 atom stereocenters. The molecule has 0 fully saturated rings. The van der Waals surface area contributed by atoms with E-state index >= 15 is 0 Å². The Morgan fingerprint density at radius 2 is 2.00 bits per heavy atom. The van der Waals surface area contributed by atoms with Crippen molar-refractivity contribution in [1.82, 2.24) is 4.31 Å². The number of methoxy groups -OCH3 is 1. The van der Waals surface area contributed by atoms with Crippen LogP contribution < -0.4 is 9.47 Å². The standard InChI is InChI=1S/C21H25NO6S/c1-5-27-21(23)20-12-15-11-17(7-9-19(15)28-20)29(24,25)22(3)13-16-10-14(2)6-8-18(16)26-4/h6-11,20H,5,12-13H2,1-4H3/t20-/m0/s1. The van der Waals surface area contributed by atoms with Gasteiger partial charge < -0.3 is 14.2 Å². The van der Waals surface area contributed by atoms with Gasteiger partial charge >= 0.3 is 5.97 Å². The Hall–Kier alpha value is -2.58. The van der Waals surface area contributed by atoms with Crippen molar-refractivity contribution in [2.75, 3.05) is 20.8 Å². The van der Waals surface area contributed by atoms with Crippen LogP contribution >= 0.6 is 0 Å². The lowest BCUT2D eigenvalue weighted by Crippen LogP contribution is -2.27. The zero-order chi connectivity index (χ0) is 21.2. The van der Waals surface area contributed by atoms with Crippen LogP contribution in [0.4, 0.5) is 0 Å². The molecule has 2 aromatic carbocycles. The summed E-state index contributed by atoms with van der Waals surface area (Å²) in [6.45, 7) is 4.11. The van der Waals surface area contributed by atoms with Crippen LogP contribution in [0, 0.1) is 6.92 Å². The molecule has 1 aliphatic rings. The Balaban J connectivity index is 1.82. The highest BCUT2D eigenvalue weighted by Crippen LogP contribution is 2.32. The molecule has 1 aliphatic heterocycles. The monoisotopic (exact) mass is 419 g/mol. The second kappa shape index (κ2) is 8.42. The van der Waals surface area contributed by atoms with Crippen LogP contribution in [0.25, 0.3) is 0 Å². The summed E-state index contributed by atoms with van der Waals surface area (Å²) >= 11 is 0. The topological polar surface area (TPSA) is 82.1 Å². The maximum absolute atomic E-state index is 13.1. The summed E-state index contributed by atoms with van der Waals surface area (Å²) in [5.74, 6) is 0.694. The molecule has 0 amide bonds. The smallest absolute Gasteiger partial charge is 0.347 e. The molecule has 0 bridgehead atoms. The van der Waals surface area contributed by atoms with Crippen molar-refractivity contribution in [3.8, 4) is 11.5 Å². The van der Waals surface area contributed by atoms with E-state index in [9.17, 15) is 13.2 Å². The number of carbonyl (C=O) groups excluding carboxylic acids is 1. The molecule has 0 radical (unpaired) electrons. The quantitative estimate of drug-likeness (QED) is 0.642. The maximum atomic E-state index is 13.1. The Bertz CT molecular complexity index is 1020. The summed E-state index contributed by atoms with van der Waals surface area (Å²) in [6.07, 6.45) is -0.454. The third kappa shape index (κ3) is 4.38. The van der Waals surface area contributed by atoms with Gasteiger partial charge in [-0.1, -0.05) is 17.7 Å². The number of carbonyl (C=O) groups is 1. The first-order valence-electron chi connectivity index (χ1n) is 9.32. The van der Waals surface area contributed by atoms with Gasteiger partial charge in [-0.25, -0.2) is 13.2 Å². The molecule has 0 N–H and O–H groups in total. The Morgan fingerprint density at radius 3 is 2.69 bits per heavy atom. The van der Waals surface area contributed by atoms with Crippen LogP contribution in [-0.2, 0) is 32.5 Å². The highest BCUT2D eigenvalue weighted by atomic mass is 32.2. The van der Waals surface area contributed by atoms with Crippen LogP contribution in [-0.4, -0.2) is 45.6 Å². The molecule has 156 valence electrons. The molecule has 8 heteroatoms. The molecule has 0 unspecified atom stereocenters. The van der Waals surface area contributed by atoms with E-state index in [2.05, 4.69) is 0 Å². The van der Waals surface area contributed by atoms with Crippen molar-refractivity contribution < 1.29 is 27.4 Å². The summed E-state index contributed by atoms with van der Waals surface area (Å²) in [4.78, 5) is 12.1. The lowest BCUT2D eigenvalue weighted by Gasteiger charge is -2.19. The van der Waals surface area contributed by atoms with Gasteiger partial charge in [0.15, 0.2) is 6.10 Å². The highest BCUT2D eigenvalue weighted by Gasteiger charge is 2.32. The van der Waals surface area contributed by atoms with Crippen LogP contribution in [0.5, 0.6) is 11.5 Å².